The number of hydrogen-bond donors (Lipinski definition) is 0. The van der Waals surface area contributed by atoms with Gasteiger partial charge in [0.1, 0.15) is 0 Å². The van der Waals surface area contributed by atoms with Crippen LogP contribution in [0.3, 0.4) is 0 Å². The molecular weight excluding hydrogens is 350 g/mol. The molecular formula is C20H22ClN3O2. The summed E-state index contributed by atoms with van der Waals surface area (Å²) in [6, 6.07) is 7.45. The molecule has 0 radical (unpaired) electrons. The summed E-state index contributed by atoms with van der Waals surface area (Å²) in [5, 5.41) is 4.77. The fourth-order valence-electron chi connectivity index (χ4n) is 3.38. The second-order valence-corrected chi connectivity index (χ2v) is 7.64. The first kappa shape index (κ1) is 17.3. The van der Waals surface area contributed by atoms with Crippen LogP contribution in [-0.2, 0) is 11.2 Å². The Kier molecular flexibility index (Phi) is 5.07. The summed E-state index contributed by atoms with van der Waals surface area (Å²) in [4.78, 5) is 18.9. The average molecular weight is 372 g/mol. The van der Waals surface area contributed by atoms with Crippen molar-refractivity contribution in [1.82, 2.24) is 15.0 Å². The number of rotatable bonds is 5. The monoisotopic (exact) mass is 371 g/mol. The highest BCUT2D eigenvalue weighted by Crippen LogP contribution is 2.38. The molecule has 0 spiro atoms. The van der Waals surface area contributed by atoms with Crippen LogP contribution in [-0.4, -0.2) is 34.0 Å². The summed E-state index contributed by atoms with van der Waals surface area (Å²) in [6.45, 7) is 1.54. The molecule has 2 fully saturated rings. The van der Waals surface area contributed by atoms with E-state index in [1.807, 2.05) is 35.2 Å². The van der Waals surface area contributed by atoms with E-state index in [0.29, 0.717) is 22.7 Å². The van der Waals surface area contributed by atoms with Gasteiger partial charge in [-0.05, 0) is 55.4 Å². The van der Waals surface area contributed by atoms with E-state index in [4.69, 9.17) is 16.1 Å². The van der Waals surface area contributed by atoms with Gasteiger partial charge in [-0.1, -0.05) is 28.9 Å². The quantitative estimate of drug-likeness (QED) is 0.742. The van der Waals surface area contributed by atoms with Crippen LogP contribution in [0.4, 0.5) is 0 Å². The number of carbonyl (C=O) groups is 1. The van der Waals surface area contributed by atoms with Crippen LogP contribution in [0.25, 0.3) is 6.08 Å². The highest BCUT2D eigenvalue weighted by atomic mass is 35.5. The largest absolute Gasteiger partial charge is 0.339 e. The molecule has 1 saturated carbocycles. The first-order chi connectivity index (χ1) is 12.7. The van der Waals surface area contributed by atoms with E-state index < -0.39 is 0 Å². The molecule has 1 aliphatic carbocycles. The molecule has 1 aromatic carbocycles. The van der Waals surface area contributed by atoms with Gasteiger partial charge in [0.15, 0.2) is 5.82 Å². The summed E-state index contributed by atoms with van der Waals surface area (Å²) in [6.07, 6.45) is 8.67. The predicted octanol–water partition coefficient (Wildman–Crippen LogP) is 4.09. The molecule has 26 heavy (non-hydrogen) atoms. The molecule has 1 unspecified atom stereocenters. The van der Waals surface area contributed by atoms with Gasteiger partial charge in [0.25, 0.3) is 0 Å². The second-order valence-electron chi connectivity index (χ2n) is 7.20. The van der Waals surface area contributed by atoms with Crippen molar-refractivity contribution in [3.05, 3.63) is 52.6 Å². The van der Waals surface area contributed by atoms with Crippen LogP contribution in [0.2, 0.25) is 5.02 Å². The Morgan fingerprint density at radius 2 is 2.08 bits per heavy atom. The first-order valence-electron chi connectivity index (χ1n) is 9.22. The van der Waals surface area contributed by atoms with Gasteiger partial charge in [0.2, 0.25) is 11.8 Å². The third-order valence-electron chi connectivity index (χ3n) is 5.01. The number of carbonyl (C=O) groups excluding carboxylic acids is 1. The Morgan fingerprint density at radius 1 is 1.27 bits per heavy atom. The maximum Gasteiger partial charge on any atom is 0.246 e. The van der Waals surface area contributed by atoms with Crippen molar-refractivity contribution in [2.75, 3.05) is 13.1 Å². The first-order valence-corrected chi connectivity index (χ1v) is 9.60. The molecule has 6 heteroatoms. The summed E-state index contributed by atoms with van der Waals surface area (Å²) < 4.78 is 5.39. The van der Waals surface area contributed by atoms with Crippen LogP contribution >= 0.6 is 11.6 Å². The van der Waals surface area contributed by atoms with Crippen molar-refractivity contribution in [3.8, 4) is 0 Å². The molecule has 5 nitrogen and oxygen atoms in total. The highest BCUT2D eigenvalue weighted by molar-refractivity contribution is 6.30. The molecule has 1 amide bonds. The van der Waals surface area contributed by atoms with Gasteiger partial charge in [-0.3, -0.25) is 4.79 Å². The maximum absolute atomic E-state index is 12.5. The number of hydrogen-bond acceptors (Lipinski definition) is 4. The van der Waals surface area contributed by atoms with Crippen LogP contribution in [0.1, 0.15) is 48.9 Å². The smallest absolute Gasteiger partial charge is 0.246 e. The zero-order valence-electron chi connectivity index (χ0n) is 14.6. The highest BCUT2D eigenvalue weighted by Gasteiger charge is 2.30. The standard InChI is InChI=1S/C20H22ClN3O2/c21-17-8-3-14(4-9-17)5-10-19(25)24-11-1-2-15(13-24)12-18-22-20(23-26-18)16-6-7-16/h3-5,8-10,15-16H,1-2,6-7,11-13H2/b10-5-. The Balaban J connectivity index is 1.33. The minimum absolute atomic E-state index is 0.0499. The predicted molar refractivity (Wildman–Crippen MR) is 99.8 cm³/mol. The van der Waals surface area contributed by atoms with Gasteiger partial charge in [-0.15, -0.1) is 0 Å². The van der Waals surface area contributed by atoms with Crippen molar-refractivity contribution in [2.45, 2.75) is 38.0 Å². The topological polar surface area (TPSA) is 59.2 Å². The fraction of sp³-hybridized carbons (Fsp3) is 0.450. The minimum Gasteiger partial charge on any atom is -0.339 e. The van der Waals surface area contributed by atoms with Crippen molar-refractivity contribution in [2.24, 2.45) is 5.92 Å². The van der Waals surface area contributed by atoms with Gasteiger partial charge >= 0.3 is 0 Å². The average Bonchev–Trinajstić information content (AvgIpc) is 3.41. The normalized spacial score (nSPS) is 20.7. The SMILES string of the molecule is O=C(/C=C\c1ccc(Cl)cc1)N1CCCC(Cc2nc(C3CC3)no2)C1. The van der Waals surface area contributed by atoms with E-state index in [1.165, 1.54) is 12.8 Å². The molecule has 2 aliphatic rings. The molecule has 4 rings (SSSR count). The summed E-state index contributed by atoms with van der Waals surface area (Å²) in [5.41, 5.74) is 0.967. The molecule has 136 valence electrons. The summed E-state index contributed by atoms with van der Waals surface area (Å²) in [7, 11) is 0. The summed E-state index contributed by atoms with van der Waals surface area (Å²) in [5.74, 6) is 2.51. The second kappa shape index (κ2) is 7.62. The molecule has 0 bridgehead atoms. The number of aromatic nitrogens is 2. The van der Waals surface area contributed by atoms with Crippen molar-refractivity contribution >= 4 is 23.6 Å². The van der Waals surface area contributed by atoms with Crippen LogP contribution in [0, 0.1) is 5.92 Å². The third kappa shape index (κ3) is 4.33. The zero-order valence-corrected chi connectivity index (χ0v) is 15.4. The van der Waals surface area contributed by atoms with E-state index in [0.717, 1.165) is 43.7 Å². The molecule has 2 heterocycles. The molecule has 1 atom stereocenters. The molecule has 1 saturated heterocycles. The Morgan fingerprint density at radius 3 is 2.85 bits per heavy atom. The lowest BCUT2D eigenvalue weighted by atomic mass is 9.94. The van der Waals surface area contributed by atoms with E-state index in [-0.39, 0.29) is 5.91 Å². The Hall–Kier alpha value is -2.14. The lowest BCUT2D eigenvalue weighted by molar-refractivity contribution is -0.127. The Bertz CT molecular complexity index is 796. The molecule has 0 N–H and O–H groups in total. The van der Waals surface area contributed by atoms with Crippen molar-refractivity contribution < 1.29 is 9.32 Å². The van der Waals surface area contributed by atoms with E-state index in [9.17, 15) is 4.79 Å². The summed E-state index contributed by atoms with van der Waals surface area (Å²) >= 11 is 5.88. The molecule has 2 aromatic rings. The third-order valence-corrected chi connectivity index (χ3v) is 5.26. The minimum atomic E-state index is 0.0499. The lowest BCUT2D eigenvalue weighted by Gasteiger charge is -2.31. The van der Waals surface area contributed by atoms with Gasteiger partial charge in [-0.2, -0.15) is 4.98 Å². The van der Waals surface area contributed by atoms with Crippen LogP contribution in [0.15, 0.2) is 34.9 Å². The number of amides is 1. The van der Waals surface area contributed by atoms with Gasteiger partial charge in [-0.25, -0.2) is 0 Å². The Labute approximate surface area is 158 Å². The number of halogens is 1. The number of nitrogens with zero attached hydrogens (tertiary/aromatic N) is 3. The van der Waals surface area contributed by atoms with Gasteiger partial charge in [0.05, 0.1) is 0 Å². The van der Waals surface area contributed by atoms with E-state index in [1.54, 1.807) is 6.08 Å². The lowest BCUT2D eigenvalue weighted by Crippen LogP contribution is -2.39. The van der Waals surface area contributed by atoms with E-state index in [2.05, 4.69) is 10.1 Å². The number of benzene rings is 1. The maximum atomic E-state index is 12.5. The molecule has 1 aliphatic heterocycles. The molecule has 1 aromatic heterocycles. The zero-order chi connectivity index (χ0) is 17.9. The number of likely N-dealkylation sites (tertiary alicyclic amines) is 1. The van der Waals surface area contributed by atoms with Crippen LogP contribution < -0.4 is 0 Å². The van der Waals surface area contributed by atoms with Crippen LogP contribution in [0.5, 0.6) is 0 Å². The van der Waals surface area contributed by atoms with Gasteiger partial charge < -0.3 is 9.42 Å². The van der Waals surface area contributed by atoms with Crippen molar-refractivity contribution in [1.29, 1.82) is 0 Å². The number of piperidine rings is 1. The van der Waals surface area contributed by atoms with Crippen molar-refractivity contribution in [3.63, 3.8) is 0 Å². The van der Waals surface area contributed by atoms with E-state index >= 15 is 0 Å². The fourth-order valence-corrected chi connectivity index (χ4v) is 3.51. The van der Waals surface area contributed by atoms with Gasteiger partial charge in [0, 0.05) is 36.5 Å².